The first-order valence-electron chi connectivity index (χ1n) is 6.49. The summed E-state index contributed by atoms with van der Waals surface area (Å²) in [6.45, 7) is 9.62. The highest BCUT2D eigenvalue weighted by atomic mass is 16.3. The van der Waals surface area contributed by atoms with Gasteiger partial charge < -0.3 is 15.3 Å². The van der Waals surface area contributed by atoms with E-state index >= 15 is 0 Å². The number of hydrogen-bond acceptors (Lipinski definition) is 3. The fraction of sp³-hybridized carbons (Fsp3) is 1.00. The molecule has 0 aromatic heterocycles. The van der Waals surface area contributed by atoms with Crippen molar-refractivity contribution in [3.63, 3.8) is 0 Å². The monoisotopic (exact) mass is 228 g/mol. The van der Waals surface area contributed by atoms with Crippen LogP contribution in [-0.4, -0.2) is 48.8 Å². The fourth-order valence-corrected chi connectivity index (χ4v) is 1.98. The molecule has 0 amide bonds. The zero-order chi connectivity index (χ0) is 12.2. The Bertz CT molecular complexity index is 200. The van der Waals surface area contributed by atoms with Gasteiger partial charge in [0.25, 0.3) is 0 Å². The van der Waals surface area contributed by atoms with Crippen LogP contribution < -0.4 is 5.32 Å². The first-order valence-corrected chi connectivity index (χ1v) is 6.49. The van der Waals surface area contributed by atoms with Gasteiger partial charge >= 0.3 is 0 Å². The molecular formula is C13H28N2O. The Morgan fingerprint density at radius 1 is 1.44 bits per heavy atom. The van der Waals surface area contributed by atoms with Crippen LogP contribution in [-0.2, 0) is 0 Å². The van der Waals surface area contributed by atoms with Crippen molar-refractivity contribution in [1.82, 2.24) is 10.2 Å². The molecule has 1 aliphatic carbocycles. The molecule has 1 fully saturated rings. The molecule has 3 nitrogen and oxygen atoms in total. The maximum atomic E-state index is 9.24. The van der Waals surface area contributed by atoms with Crippen LogP contribution in [0.15, 0.2) is 0 Å². The van der Waals surface area contributed by atoms with E-state index < -0.39 is 0 Å². The second-order valence-electron chi connectivity index (χ2n) is 6.19. The van der Waals surface area contributed by atoms with Crippen molar-refractivity contribution in [1.29, 1.82) is 0 Å². The zero-order valence-electron chi connectivity index (χ0n) is 11.3. The van der Waals surface area contributed by atoms with Gasteiger partial charge in [0.15, 0.2) is 0 Å². The maximum absolute atomic E-state index is 9.24. The van der Waals surface area contributed by atoms with E-state index in [1.807, 2.05) is 6.92 Å². The summed E-state index contributed by atoms with van der Waals surface area (Å²) in [6, 6.07) is 0.794. The van der Waals surface area contributed by atoms with E-state index in [4.69, 9.17) is 0 Å². The third kappa shape index (κ3) is 6.46. The Hall–Kier alpha value is -0.120. The molecular weight excluding hydrogens is 200 g/mol. The van der Waals surface area contributed by atoms with Crippen LogP contribution >= 0.6 is 0 Å². The maximum Gasteiger partial charge on any atom is 0.0524 e. The Kier molecular flexibility index (Phi) is 5.22. The standard InChI is InChI=1S/C13H28N2O/c1-11(16)7-8-15(4)10-13(2,3)9-14-12-5-6-12/h11-12,14,16H,5-10H2,1-4H3. The molecule has 0 heterocycles. The minimum absolute atomic E-state index is 0.185. The highest BCUT2D eigenvalue weighted by Crippen LogP contribution is 2.22. The minimum atomic E-state index is -0.185. The molecule has 96 valence electrons. The number of nitrogens with one attached hydrogen (secondary N) is 1. The Morgan fingerprint density at radius 2 is 2.06 bits per heavy atom. The fourth-order valence-electron chi connectivity index (χ4n) is 1.98. The van der Waals surface area contributed by atoms with Gasteiger partial charge in [-0.2, -0.15) is 0 Å². The topological polar surface area (TPSA) is 35.5 Å². The first-order chi connectivity index (χ1) is 7.39. The lowest BCUT2D eigenvalue weighted by Gasteiger charge is -2.31. The molecule has 2 N–H and O–H groups in total. The number of aliphatic hydroxyl groups is 1. The summed E-state index contributed by atoms with van der Waals surface area (Å²) >= 11 is 0. The van der Waals surface area contributed by atoms with Crippen LogP contribution in [0, 0.1) is 5.41 Å². The minimum Gasteiger partial charge on any atom is -0.393 e. The van der Waals surface area contributed by atoms with E-state index in [0.717, 1.165) is 32.1 Å². The van der Waals surface area contributed by atoms with E-state index in [9.17, 15) is 5.11 Å². The van der Waals surface area contributed by atoms with Crippen LogP contribution in [0.4, 0.5) is 0 Å². The highest BCUT2D eigenvalue weighted by molar-refractivity contribution is 4.85. The molecule has 16 heavy (non-hydrogen) atoms. The van der Waals surface area contributed by atoms with Gasteiger partial charge in [0, 0.05) is 25.7 Å². The van der Waals surface area contributed by atoms with Crippen LogP contribution in [0.25, 0.3) is 0 Å². The van der Waals surface area contributed by atoms with Gasteiger partial charge in [-0.05, 0) is 38.6 Å². The van der Waals surface area contributed by atoms with E-state index in [-0.39, 0.29) is 6.10 Å². The Morgan fingerprint density at radius 3 is 2.56 bits per heavy atom. The summed E-state index contributed by atoms with van der Waals surface area (Å²) in [5.41, 5.74) is 0.316. The van der Waals surface area contributed by atoms with Gasteiger partial charge in [-0.3, -0.25) is 0 Å². The smallest absolute Gasteiger partial charge is 0.0524 e. The SMILES string of the molecule is CC(O)CCN(C)CC(C)(C)CNC1CC1. The van der Waals surface area contributed by atoms with Crippen LogP contribution in [0.5, 0.6) is 0 Å². The summed E-state index contributed by atoms with van der Waals surface area (Å²) in [6.07, 6.45) is 3.39. The quantitative estimate of drug-likeness (QED) is 0.660. The number of hydrogen-bond donors (Lipinski definition) is 2. The lowest BCUT2D eigenvalue weighted by Crippen LogP contribution is -2.40. The molecule has 0 bridgehead atoms. The molecule has 1 aliphatic rings. The van der Waals surface area contributed by atoms with Crippen molar-refractivity contribution < 1.29 is 5.11 Å². The molecule has 0 saturated heterocycles. The summed E-state index contributed by atoms with van der Waals surface area (Å²) in [4.78, 5) is 2.32. The summed E-state index contributed by atoms with van der Waals surface area (Å²) in [5, 5.41) is 12.8. The largest absolute Gasteiger partial charge is 0.393 e. The van der Waals surface area contributed by atoms with Crippen molar-refractivity contribution in [2.75, 3.05) is 26.7 Å². The van der Waals surface area contributed by atoms with E-state index in [1.165, 1.54) is 12.8 Å². The van der Waals surface area contributed by atoms with Crippen molar-refractivity contribution in [3.05, 3.63) is 0 Å². The second kappa shape index (κ2) is 5.99. The molecule has 3 heteroatoms. The van der Waals surface area contributed by atoms with Crippen LogP contribution in [0.2, 0.25) is 0 Å². The average molecular weight is 228 g/mol. The van der Waals surface area contributed by atoms with Crippen molar-refractivity contribution in [2.24, 2.45) is 5.41 Å². The molecule has 1 atom stereocenters. The van der Waals surface area contributed by atoms with Gasteiger partial charge in [-0.25, -0.2) is 0 Å². The Labute approximate surface area is 100 Å². The van der Waals surface area contributed by atoms with E-state index in [2.05, 4.69) is 31.1 Å². The van der Waals surface area contributed by atoms with Gasteiger partial charge in [0.2, 0.25) is 0 Å². The molecule has 1 unspecified atom stereocenters. The second-order valence-corrected chi connectivity index (χ2v) is 6.19. The average Bonchev–Trinajstić information content (AvgIpc) is 2.94. The predicted octanol–water partition coefficient (Wildman–Crippen LogP) is 1.47. The highest BCUT2D eigenvalue weighted by Gasteiger charge is 2.26. The Balaban J connectivity index is 2.15. The number of rotatable bonds is 8. The summed E-state index contributed by atoms with van der Waals surface area (Å²) in [7, 11) is 2.14. The van der Waals surface area contributed by atoms with Gasteiger partial charge in [0.05, 0.1) is 6.10 Å². The number of nitrogens with zero attached hydrogens (tertiary/aromatic N) is 1. The van der Waals surface area contributed by atoms with Crippen LogP contribution in [0.1, 0.15) is 40.0 Å². The molecule has 0 radical (unpaired) electrons. The van der Waals surface area contributed by atoms with E-state index in [1.54, 1.807) is 0 Å². The summed E-state index contributed by atoms with van der Waals surface area (Å²) < 4.78 is 0. The molecule has 0 aromatic carbocycles. The third-order valence-electron chi connectivity index (χ3n) is 3.07. The molecule has 0 spiro atoms. The van der Waals surface area contributed by atoms with E-state index in [0.29, 0.717) is 5.41 Å². The lowest BCUT2D eigenvalue weighted by atomic mass is 9.92. The first kappa shape index (κ1) is 13.9. The predicted molar refractivity (Wildman–Crippen MR) is 68.6 cm³/mol. The molecule has 0 aliphatic heterocycles. The van der Waals surface area contributed by atoms with Gasteiger partial charge in [0.1, 0.15) is 0 Å². The van der Waals surface area contributed by atoms with Gasteiger partial charge in [-0.1, -0.05) is 13.8 Å². The van der Waals surface area contributed by atoms with Crippen molar-refractivity contribution >= 4 is 0 Å². The van der Waals surface area contributed by atoms with Crippen molar-refractivity contribution in [3.8, 4) is 0 Å². The molecule has 1 rings (SSSR count). The zero-order valence-corrected chi connectivity index (χ0v) is 11.3. The molecule has 0 aromatic rings. The lowest BCUT2D eigenvalue weighted by molar-refractivity contribution is 0.145. The third-order valence-corrected chi connectivity index (χ3v) is 3.07. The normalized spacial score (nSPS) is 19.1. The summed E-state index contributed by atoms with van der Waals surface area (Å²) in [5.74, 6) is 0. The van der Waals surface area contributed by atoms with Crippen LogP contribution in [0.3, 0.4) is 0 Å². The van der Waals surface area contributed by atoms with Gasteiger partial charge in [-0.15, -0.1) is 0 Å². The molecule has 1 saturated carbocycles. The number of aliphatic hydroxyl groups excluding tert-OH is 1. The van der Waals surface area contributed by atoms with Crippen molar-refractivity contribution in [2.45, 2.75) is 52.2 Å².